The Hall–Kier alpha value is -3.17. The molecule has 0 bridgehead atoms. The smallest absolute Gasteiger partial charge is 0.407 e. The van der Waals surface area contributed by atoms with Gasteiger partial charge in [-0.2, -0.15) is 0 Å². The fourth-order valence-corrected chi connectivity index (χ4v) is 4.54. The first-order valence-electron chi connectivity index (χ1n) is 10.8. The first-order valence-corrected chi connectivity index (χ1v) is 10.8. The van der Waals surface area contributed by atoms with Gasteiger partial charge in [-0.05, 0) is 31.7 Å². The Bertz CT molecular complexity index is 1050. The van der Waals surface area contributed by atoms with Crippen LogP contribution in [0.25, 0.3) is 11.1 Å². The molecule has 1 unspecified atom stereocenters. The van der Waals surface area contributed by atoms with Crippen molar-refractivity contribution in [3.8, 4) is 0 Å². The Morgan fingerprint density at radius 3 is 2.68 bits per heavy atom. The van der Waals surface area contributed by atoms with Gasteiger partial charge in [-0.25, -0.2) is 4.79 Å². The number of hydrogen-bond donors (Lipinski definition) is 1. The number of nitrogens with one attached hydrogen (secondary N) is 1. The van der Waals surface area contributed by atoms with E-state index in [0.717, 1.165) is 38.5 Å². The molecular weight excluding hydrogens is 404 g/mol. The number of fused-ring (bicyclic) bond motifs is 1. The van der Waals surface area contributed by atoms with Crippen LogP contribution in [0, 0.1) is 16.0 Å². The summed E-state index contributed by atoms with van der Waals surface area (Å²) >= 11 is 0. The second-order valence-electron chi connectivity index (χ2n) is 8.39. The third kappa shape index (κ3) is 4.62. The molecule has 2 aromatic rings. The topological polar surface area (TPSA) is 128 Å². The number of benzene rings is 1. The second-order valence-corrected chi connectivity index (χ2v) is 8.39. The zero-order chi connectivity index (χ0) is 22.0. The molecule has 1 aliphatic carbocycles. The Balaban J connectivity index is 1.42. The average molecular weight is 430 g/mol. The van der Waals surface area contributed by atoms with Crippen molar-refractivity contribution in [1.29, 1.82) is 0 Å². The van der Waals surface area contributed by atoms with Gasteiger partial charge in [-0.15, -0.1) is 0 Å². The number of nitro groups is 1. The van der Waals surface area contributed by atoms with Crippen molar-refractivity contribution in [2.75, 3.05) is 13.1 Å². The fraction of sp³-hybridized carbons (Fsp3) is 0.571. The number of rotatable bonds is 5. The van der Waals surface area contributed by atoms with E-state index in [2.05, 4.69) is 5.32 Å². The Labute approximate surface area is 178 Å². The molecular formula is C21H26N4O6. The van der Waals surface area contributed by atoms with Gasteiger partial charge in [0.05, 0.1) is 22.4 Å². The summed E-state index contributed by atoms with van der Waals surface area (Å²) in [6.07, 6.45) is 6.97. The van der Waals surface area contributed by atoms with Crippen LogP contribution >= 0.6 is 0 Å². The normalized spacial score (nSPS) is 20.0. The lowest BCUT2D eigenvalue weighted by atomic mass is 9.93. The summed E-state index contributed by atoms with van der Waals surface area (Å²) in [6.45, 7) is 0.621. The maximum atomic E-state index is 12.9. The maximum absolute atomic E-state index is 12.9. The fourth-order valence-electron chi connectivity index (χ4n) is 4.54. The second kappa shape index (κ2) is 8.91. The van der Waals surface area contributed by atoms with Crippen LogP contribution < -0.4 is 11.1 Å². The molecule has 10 heteroatoms. The van der Waals surface area contributed by atoms with Crippen LogP contribution in [0.15, 0.2) is 27.4 Å². The Morgan fingerprint density at radius 2 is 1.94 bits per heavy atom. The molecule has 166 valence electrons. The SMILES string of the molecule is O=C(NC1CCCCC1)C1CCCN(C(=O)Cn2c(=O)oc3cc([N+](=O)[O-])ccc32)C1. The van der Waals surface area contributed by atoms with Crippen LogP contribution in [0.3, 0.4) is 0 Å². The van der Waals surface area contributed by atoms with E-state index in [1.165, 1.54) is 29.2 Å². The van der Waals surface area contributed by atoms with Crippen molar-refractivity contribution in [3.63, 3.8) is 0 Å². The van der Waals surface area contributed by atoms with E-state index in [1.807, 2.05) is 0 Å². The highest BCUT2D eigenvalue weighted by atomic mass is 16.6. The molecule has 4 rings (SSSR count). The lowest BCUT2D eigenvalue weighted by Gasteiger charge is -2.33. The van der Waals surface area contributed by atoms with Crippen molar-refractivity contribution in [2.45, 2.75) is 57.5 Å². The number of piperidine rings is 1. The molecule has 1 aliphatic heterocycles. The number of carbonyl (C=O) groups excluding carboxylic acids is 2. The highest BCUT2D eigenvalue weighted by Gasteiger charge is 2.30. The minimum absolute atomic E-state index is 0.00244. The molecule has 0 radical (unpaired) electrons. The predicted octanol–water partition coefficient (Wildman–Crippen LogP) is 2.19. The van der Waals surface area contributed by atoms with Crippen LogP contribution in [0.1, 0.15) is 44.9 Å². The van der Waals surface area contributed by atoms with Crippen LogP contribution in [0.5, 0.6) is 0 Å². The first-order chi connectivity index (χ1) is 14.9. The van der Waals surface area contributed by atoms with Crippen LogP contribution in [-0.2, 0) is 16.1 Å². The molecule has 2 amide bonds. The minimum atomic E-state index is -0.743. The van der Waals surface area contributed by atoms with Gasteiger partial charge in [0.2, 0.25) is 11.8 Å². The van der Waals surface area contributed by atoms with Gasteiger partial charge in [0.15, 0.2) is 5.58 Å². The summed E-state index contributed by atoms with van der Waals surface area (Å²) in [6, 6.07) is 4.07. The van der Waals surface area contributed by atoms with Crippen molar-refractivity contribution >= 4 is 28.6 Å². The number of amides is 2. The average Bonchev–Trinajstić information content (AvgIpc) is 3.08. The van der Waals surface area contributed by atoms with Crippen molar-refractivity contribution in [3.05, 3.63) is 38.9 Å². The summed E-state index contributed by atoms with van der Waals surface area (Å²) in [5.74, 6) is -1.27. The van der Waals surface area contributed by atoms with Crippen molar-refractivity contribution in [2.24, 2.45) is 5.92 Å². The number of likely N-dealkylation sites (tertiary alicyclic amines) is 1. The van der Waals surface area contributed by atoms with Gasteiger partial charge < -0.3 is 14.6 Å². The third-order valence-corrected chi connectivity index (χ3v) is 6.25. The summed E-state index contributed by atoms with van der Waals surface area (Å²) in [5, 5.41) is 14.1. The molecule has 2 fully saturated rings. The summed E-state index contributed by atoms with van der Waals surface area (Å²) in [7, 11) is 0. The highest BCUT2D eigenvalue weighted by molar-refractivity contribution is 5.83. The van der Waals surface area contributed by atoms with Gasteiger partial charge in [0.25, 0.3) is 5.69 Å². The number of nitrogens with zero attached hydrogens (tertiary/aromatic N) is 3. The van der Waals surface area contributed by atoms with E-state index in [4.69, 9.17) is 4.42 Å². The van der Waals surface area contributed by atoms with Crippen LogP contribution in [0.4, 0.5) is 5.69 Å². The van der Waals surface area contributed by atoms with E-state index in [0.29, 0.717) is 18.6 Å². The number of hydrogen-bond acceptors (Lipinski definition) is 6. The number of nitro benzene ring substituents is 1. The Kier molecular flexibility index (Phi) is 6.06. The van der Waals surface area contributed by atoms with Crippen molar-refractivity contribution in [1.82, 2.24) is 14.8 Å². The van der Waals surface area contributed by atoms with E-state index in [9.17, 15) is 24.5 Å². The Morgan fingerprint density at radius 1 is 1.16 bits per heavy atom. The van der Waals surface area contributed by atoms with Gasteiger partial charge in [0, 0.05) is 25.2 Å². The van der Waals surface area contributed by atoms with Gasteiger partial charge in [-0.1, -0.05) is 19.3 Å². The monoisotopic (exact) mass is 430 g/mol. The minimum Gasteiger partial charge on any atom is -0.407 e. The molecule has 1 saturated heterocycles. The standard InChI is InChI=1S/C21H26N4O6/c26-19(13-24-17-9-8-16(25(29)30)11-18(17)31-21(24)28)23-10-4-5-14(12-23)20(27)22-15-6-2-1-3-7-15/h8-9,11,14-15H,1-7,10,12-13H2,(H,22,27). The molecule has 1 aromatic carbocycles. The molecule has 0 spiro atoms. The molecule has 31 heavy (non-hydrogen) atoms. The predicted molar refractivity (Wildman–Crippen MR) is 111 cm³/mol. The number of non-ortho nitro benzene ring substituents is 1. The maximum Gasteiger partial charge on any atom is 0.420 e. The molecule has 1 atom stereocenters. The molecule has 2 heterocycles. The van der Waals surface area contributed by atoms with Gasteiger partial charge in [-0.3, -0.25) is 24.3 Å². The summed E-state index contributed by atoms with van der Waals surface area (Å²) in [4.78, 5) is 49.8. The van der Waals surface area contributed by atoms with E-state index < -0.39 is 10.7 Å². The summed E-state index contributed by atoms with van der Waals surface area (Å²) < 4.78 is 6.26. The quantitative estimate of drug-likeness (QED) is 0.572. The number of oxazole rings is 1. The number of aromatic nitrogens is 1. The lowest BCUT2D eigenvalue weighted by molar-refractivity contribution is -0.384. The van der Waals surface area contributed by atoms with Crippen molar-refractivity contribution < 1.29 is 18.9 Å². The third-order valence-electron chi connectivity index (χ3n) is 6.25. The summed E-state index contributed by atoms with van der Waals surface area (Å²) in [5.41, 5.74) is 0.200. The highest BCUT2D eigenvalue weighted by Crippen LogP contribution is 2.22. The van der Waals surface area contributed by atoms with Crippen LogP contribution in [0.2, 0.25) is 0 Å². The molecule has 2 aliphatic rings. The molecule has 1 aromatic heterocycles. The van der Waals surface area contributed by atoms with E-state index in [1.54, 1.807) is 4.90 Å². The lowest BCUT2D eigenvalue weighted by Crippen LogP contribution is -2.48. The van der Waals surface area contributed by atoms with Gasteiger partial charge in [0.1, 0.15) is 6.54 Å². The van der Waals surface area contributed by atoms with Crippen LogP contribution in [-0.4, -0.2) is 45.3 Å². The molecule has 10 nitrogen and oxygen atoms in total. The first kappa shape index (κ1) is 21.1. The molecule has 1 saturated carbocycles. The van der Waals surface area contributed by atoms with Gasteiger partial charge >= 0.3 is 5.76 Å². The zero-order valence-electron chi connectivity index (χ0n) is 17.2. The zero-order valence-corrected chi connectivity index (χ0v) is 17.2. The number of carbonyl (C=O) groups is 2. The molecule has 1 N–H and O–H groups in total. The van der Waals surface area contributed by atoms with E-state index >= 15 is 0 Å². The largest absolute Gasteiger partial charge is 0.420 e. The van der Waals surface area contributed by atoms with E-state index in [-0.39, 0.29) is 41.6 Å².